The van der Waals surface area contributed by atoms with Gasteiger partial charge in [0.1, 0.15) is 0 Å². The molecule has 2 N–H and O–H groups in total. The van der Waals surface area contributed by atoms with Gasteiger partial charge in [-0.05, 0) is 42.4 Å². The van der Waals surface area contributed by atoms with Gasteiger partial charge in [0, 0.05) is 19.1 Å². The second-order valence-electron chi connectivity index (χ2n) is 7.40. The van der Waals surface area contributed by atoms with Crippen molar-refractivity contribution in [3.8, 4) is 0 Å². The molecule has 0 spiro atoms. The summed E-state index contributed by atoms with van der Waals surface area (Å²) < 4.78 is 0. The summed E-state index contributed by atoms with van der Waals surface area (Å²) in [6.07, 6.45) is 2.83. The zero-order valence-corrected chi connectivity index (χ0v) is 15.0. The Labute approximate surface area is 154 Å². The summed E-state index contributed by atoms with van der Waals surface area (Å²) in [5.41, 5.74) is 3.48. The van der Waals surface area contributed by atoms with Crippen LogP contribution in [0.5, 0.6) is 0 Å². The Kier molecular flexibility index (Phi) is 5.05. The first-order valence-corrected chi connectivity index (χ1v) is 9.56. The standard InChI is InChI=1S/C22H26N2O2/c25-21(16-7-2-1-3-8-16)14-19-11-6-12-24(19)22(26)20-13-17-9-4-5-10-18(17)15-23-20/h1-5,7-10,19-21,23,25H,6,11-15H2/t19-,20-,21+/m0/s1. The van der Waals surface area contributed by atoms with E-state index in [9.17, 15) is 9.90 Å². The molecule has 3 atom stereocenters. The lowest BCUT2D eigenvalue weighted by Crippen LogP contribution is -2.51. The average Bonchev–Trinajstić information content (AvgIpc) is 3.15. The van der Waals surface area contributed by atoms with Crippen LogP contribution in [0.1, 0.15) is 42.1 Å². The maximum atomic E-state index is 13.1. The van der Waals surface area contributed by atoms with Crippen molar-refractivity contribution in [2.45, 2.75) is 50.4 Å². The quantitative estimate of drug-likeness (QED) is 0.892. The van der Waals surface area contributed by atoms with Crippen molar-refractivity contribution in [3.63, 3.8) is 0 Å². The van der Waals surface area contributed by atoms with E-state index in [1.165, 1.54) is 11.1 Å². The molecule has 1 saturated heterocycles. The van der Waals surface area contributed by atoms with E-state index >= 15 is 0 Å². The molecule has 4 rings (SSSR count). The first-order valence-electron chi connectivity index (χ1n) is 9.56. The second kappa shape index (κ2) is 7.60. The summed E-state index contributed by atoms with van der Waals surface area (Å²) in [6, 6.07) is 18.0. The molecular weight excluding hydrogens is 324 g/mol. The van der Waals surface area contributed by atoms with Crippen LogP contribution in [0.2, 0.25) is 0 Å². The van der Waals surface area contributed by atoms with Gasteiger partial charge in [-0.1, -0.05) is 54.6 Å². The predicted molar refractivity (Wildman–Crippen MR) is 102 cm³/mol. The number of aliphatic hydroxyl groups excluding tert-OH is 1. The van der Waals surface area contributed by atoms with E-state index in [4.69, 9.17) is 0 Å². The van der Waals surface area contributed by atoms with Crippen LogP contribution in [0.25, 0.3) is 0 Å². The van der Waals surface area contributed by atoms with Crippen molar-refractivity contribution in [2.24, 2.45) is 0 Å². The Morgan fingerprint density at radius 1 is 1.12 bits per heavy atom. The van der Waals surface area contributed by atoms with E-state index in [1.807, 2.05) is 47.4 Å². The van der Waals surface area contributed by atoms with Gasteiger partial charge in [-0.3, -0.25) is 4.79 Å². The lowest BCUT2D eigenvalue weighted by atomic mass is 9.94. The maximum Gasteiger partial charge on any atom is 0.240 e. The molecule has 2 aromatic rings. The summed E-state index contributed by atoms with van der Waals surface area (Å²) in [6.45, 7) is 1.54. The number of hydrogen-bond donors (Lipinski definition) is 2. The molecule has 0 unspecified atom stereocenters. The highest BCUT2D eigenvalue weighted by atomic mass is 16.3. The van der Waals surface area contributed by atoms with Gasteiger partial charge in [-0.2, -0.15) is 0 Å². The average molecular weight is 350 g/mol. The molecule has 0 bridgehead atoms. The number of nitrogens with zero attached hydrogens (tertiary/aromatic N) is 1. The SMILES string of the molecule is O=C([C@@H]1Cc2ccccc2CN1)N1CCC[C@H]1C[C@@H](O)c1ccccc1. The van der Waals surface area contributed by atoms with Crippen LogP contribution in [-0.4, -0.2) is 34.5 Å². The first kappa shape index (κ1) is 17.3. The highest BCUT2D eigenvalue weighted by Gasteiger charge is 2.35. The minimum Gasteiger partial charge on any atom is -0.388 e. The molecule has 4 heteroatoms. The molecule has 2 heterocycles. The van der Waals surface area contributed by atoms with Crippen molar-refractivity contribution in [1.82, 2.24) is 10.2 Å². The molecular formula is C22H26N2O2. The van der Waals surface area contributed by atoms with E-state index in [0.29, 0.717) is 6.42 Å². The fraction of sp³-hybridized carbons (Fsp3) is 0.409. The molecule has 136 valence electrons. The number of hydrogen-bond acceptors (Lipinski definition) is 3. The number of nitrogens with one attached hydrogen (secondary N) is 1. The molecule has 1 fully saturated rings. The molecule has 2 aromatic carbocycles. The molecule has 0 radical (unpaired) electrons. The largest absolute Gasteiger partial charge is 0.388 e. The third-order valence-corrected chi connectivity index (χ3v) is 5.72. The van der Waals surface area contributed by atoms with E-state index in [0.717, 1.165) is 37.9 Å². The van der Waals surface area contributed by atoms with E-state index in [-0.39, 0.29) is 18.0 Å². The Hall–Kier alpha value is -2.17. The zero-order chi connectivity index (χ0) is 17.9. The normalized spacial score (nSPS) is 23.5. The van der Waals surface area contributed by atoms with Crippen LogP contribution in [0.3, 0.4) is 0 Å². The summed E-state index contributed by atoms with van der Waals surface area (Å²) in [5, 5.41) is 14.0. The fourth-order valence-corrected chi connectivity index (χ4v) is 4.27. The second-order valence-corrected chi connectivity index (χ2v) is 7.40. The highest BCUT2D eigenvalue weighted by Crippen LogP contribution is 2.29. The summed E-state index contributed by atoms with van der Waals surface area (Å²) in [7, 11) is 0. The van der Waals surface area contributed by atoms with Crippen molar-refractivity contribution < 1.29 is 9.90 Å². The van der Waals surface area contributed by atoms with Gasteiger partial charge in [0.15, 0.2) is 0 Å². The van der Waals surface area contributed by atoms with Crippen LogP contribution in [0.4, 0.5) is 0 Å². The minimum absolute atomic E-state index is 0.122. The number of amides is 1. The van der Waals surface area contributed by atoms with Crippen molar-refractivity contribution in [1.29, 1.82) is 0 Å². The molecule has 2 aliphatic heterocycles. The fourth-order valence-electron chi connectivity index (χ4n) is 4.27. The maximum absolute atomic E-state index is 13.1. The number of carbonyl (C=O) groups excluding carboxylic acids is 1. The van der Waals surface area contributed by atoms with Crippen LogP contribution in [0.15, 0.2) is 54.6 Å². The first-order chi connectivity index (χ1) is 12.7. The van der Waals surface area contributed by atoms with Crippen LogP contribution < -0.4 is 5.32 Å². The Morgan fingerprint density at radius 3 is 2.65 bits per heavy atom. The van der Waals surface area contributed by atoms with Crippen molar-refractivity contribution in [3.05, 3.63) is 71.3 Å². The van der Waals surface area contributed by atoms with E-state index in [1.54, 1.807) is 0 Å². The van der Waals surface area contributed by atoms with Gasteiger partial charge in [-0.15, -0.1) is 0 Å². The smallest absolute Gasteiger partial charge is 0.240 e. The molecule has 2 aliphatic rings. The molecule has 4 nitrogen and oxygen atoms in total. The van der Waals surface area contributed by atoms with Gasteiger partial charge < -0.3 is 15.3 Å². The van der Waals surface area contributed by atoms with Gasteiger partial charge in [0.2, 0.25) is 5.91 Å². The van der Waals surface area contributed by atoms with E-state index in [2.05, 4.69) is 17.4 Å². The predicted octanol–water partition coefficient (Wildman–Crippen LogP) is 2.82. The lowest BCUT2D eigenvalue weighted by Gasteiger charge is -2.33. The minimum atomic E-state index is -0.519. The lowest BCUT2D eigenvalue weighted by molar-refractivity contribution is -0.135. The van der Waals surface area contributed by atoms with Gasteiger partial charge in [0.25, 0.3) is 0 Å². The third-order valence-electron chi connectivity index (χ3n) is 5.72. The summed E-state index contributed by atoms with van der Waals surface area (Å²) in [5.74, 6) is 0.183. The molecule has 0 saturated carbocycles. The molecule has 0 aliphatic carbocycles. The molecule has 26 heavy (non-hydrogen) atoms. The summed E-state index contributed by atoms with van der Waals surface area (Å²) in [4.78, 5) is 15.1. The Morgan fingerprint density at radius 2 is 1.85 bits per heavy atom. The topological polar surface area (TPSA) is 52.6 Å². The highest BCUT2D eigenvalue weighted by molar-refractivity contribution is 5.83. The molecule has 1 amide bonds. The van der Waals surface area contributed by atoms with Gasteiger partial charge >= 0.3 is 0 Å². The monoisotopic (exact) mass is 350 g/mol. The van der Waals surface area contributed by atoms with Crippen LogP contribution in [-0.2, 0) is 17.8 Å². The van der Waals surface area contributed by atoms with Crippen LogP contribution in [0, 0.1) is 0 Å². The van der Waals surface area contributed by atoms with Crippen molar-refractivity contribution >= 4 is 5.91 Å². The van der Waals surface area contributed by atoms with Crippen molar-refractivity contribution in [2.75, 3.05) is 6.54 Å². The number of benzene rings is 2. The van der Waals surface area contributed by atoms with Gasteiger partial charge in [0.05, 0.1) is 12.1 Å². The third kappa shape index (κ3) is 3.53. The van der Waals surface area contributed by atoms with E-state index < -0.39 is 6.10 Å². The number of likely N-dealkylation sites (tertiary alicyclic amines) is 1. The number of aliphatic hydroxyl groups is 1. The summed E-state index contributed by atoms with van der Waals surface area (Å²) >= 11 is 0. The molecule has 0 aromatic heterocycles. The number of rotatable bonds is 4. The van der Waals surface area contributed by atoms with Crippen LogP contribution >= 0.6 is 0 Å². The number of fused-ring (bicyclic) bond motifs is 1. The zero-order valence-electron chi connectivity index (χ0n) is 15.0. The number of carbonyl (C=O) groups is 1. The van der Waals surface area contributed by atoms with Gasteiger partial charge in [-0.25, -0.2) is 0 Å². The Bertz CT molecular complexity index is 762. The Balaban J connectivity index is 1.42.